The Morgan fingerprint density at radius 1 is 0.906 bits per heavy atom. The Bertz CT molecular complexity index is 1230. The van der Waals surface area contributed by atoms with Crippen molar-refractivity contribution in [2.45, 2.75) is 23.6 Å². The van der Waals surface area contributed by atoms with E-state index in [4.69, 9.17) is 23.2 Å². The second kappa shape index (κ2) is 9.52. The van der Waals surface area contributed by atoms with E-state index in [1.165, 1.54) is 17.8 Å². The summed E-state index contributed by atoms with van der Waals surface area (Å²) >= 11 is 13.3. The molecule has 4 aromatic rings. The van der Waals surface area contributed by atoms with E-state index in [0.29, 0.717) is 33.8 Å². The third kappa shape index (κ3) is 5.09. The molecule has 4 nitrogen and oxygen atoms in total. The Hall–Kier alpha value is -2.55. The molecular formula is C22H15Cl2F3N4S. The Kier molecular flexibility index (Phi) is 6.74. The van der Waals surface area contributed by atoms with E-state index in [1.54, 1.807) is 24.4 Å². The van der Waals surface area contributed by atoms with Gasteiger partial charge in [-0.1, -0.05) is 65.3 Å². The number of thioether (sulfide) groups is 1. The molecule has 0 aliphatic heterocycles. The number of hydrogen-bond donors (Lipinski definition) is 0. The van der Waals surface area contributed by atoms with Crippen LogP contribution in [0.25, 0.3) is 11.5 Å². The fourth-order valence-corrected chi connectivity index (χ4v) is 4.35. The largest absolute Gasteiger partial charge is 0.417 e. The van der Waals surface area contributed by atoms with Crippen LogP contribution in [0, 0.1) is 0 Å². The molecule has 2 aromatic heterocycles. The molecule has 0 amide bonds. The van der Waals surface area contributed by atoms with Gasteiger partial charge in [-0.05, 0) is 41.5 Å². The number of benzene rings is 2. The summed E-state index contributed by atoms with van der Waals surface area (Å²) in [4.78, 5) is 4.35. The molecule has 0 bridgehead atoms. The van der Waals surface area contributed by atoms with Crippen molar-refractivity contribution in [1.29, 1.82) is 0 Å². The smallest absolute Gasteiger partial charge is 0.296 e. The maximum atomic E-state index is 13.2. The minimum atomic E-state index is -4.52. The molecule has 0 radical (unpaired) electrons. The minimum absolute atomic E-state index is 0.253. The van der Waals surface area contributed by atoms with Crippen LogP contribution in [-0.4, -0.2) is 19.7 Å². The number of alkyl halides is 3. The van der Waals surface area contributed by atoms with Gasteiger partial charge in [0.2, 0.25) is 0 Å². The van der Waals surface area contributed by atoms with E-state index in [0.717, 1.165) is 11.6 Å². The van der Waals surface area contributed by atoms with Crippen molar-refractivity contribution in [2.75, 3.05) is 0 Å². The molecule has 0 saturated carbocycles. The number of rotatable bonds is 6. The van der Waals surface area contributed by atoms with Crippen LogP contribution in [0.2, 0.25) is 10.0 Å². The molecule has 0 spiro atoms. The summed E-state index contributed by atoms with van der Waals surface area (Å²) in [7, 11) is 0. The fraction of sp³-hybridized carbons (Fsp3) is 0.136. The molecule has 0 unspecified atom stereocenters. The molecule has 32 heavy (non-hydrogen) atoms. The standard InChI is InChI=1S/C22H15Cl2F3N4S/c23-17-6-2-1-5-15(17)12-31-20(19-7-3-4-10-28-19)29-30-21(31)32-13-14-8-9-18(24)16(11-14)22(25,26)27/h1-11H,12-13H2. The first-order chi connectivity index (χ1) is 15.3. The van der Waals surface area contributed by atoms with E-state index in [-0.39, 0.29) is 10.8 Å². The van der Waals surface area contributed by atoms with Gasteiger partial charge in [-0.2, -0.15) is 13.2 Å². The first-order valence-electron chi connectivity index (χ1n) is 9.39. The van der Waals surface area contributed by atoms with Crippen LogP contribution in [0.3, 0.4) is 0 Å². The molecule has 0 aliphatic carbocycles. The van der Waals surface area contributed by atoms with Crippen molar-refractivity contribution in [3.63, 3.8) is 0 Å². The van der Waals surface area contributed by atoms with Crippen LogP contribution in [0.4, 0.5) is 13.2 Å². The van der Waals surface area contributed by atoms with Crippen molar-refractivity contribution in [1.82, 2.24) is 19.7 Å². The lowest BCUT2D eigenvalue weighted by molar-refractivity contribution is -0.137. The van der Waals surface area contributed by atoms with Gasteiger partial charge < -0.3 is 0 Å². The molecular weight excluding hydrogens is 480 g/mol. The predicted octanol–water partition coefficient (Wildman–Crippen LogP) is 7.01. The summed E-state index contributed by atoms with van der Waals surface area (Å²) in [6.07, 6.45) is -2.86. The summed E-state index contributed by atoms with van der Waals surface area (Å²) in [6.45, 7) is 0.384. The zero-order chi connectivity index (χ0) is 22.7. The third-order valence-corrected chi connectivity index (χ3v) is 6.34. The monoisotopic (exact) mass is 494 g/mol. The SMILES string of the molecule is FC(F)(F)c1cc(CSc2nnc(-c3ccccn3)n2Cc2ccccc2Cl)ccc1Cl. The van der Waals surface area contributed by atoms with Crippen LogP contribution in [-0.2, 0) is 18.5 Å². The summed E-state index contributed by atoms with van der Waals surface area (Å²) < 4.78 is 41.4. The molecule has 0 atom stereocenters. The highest BCUT2D eigenvalue weighted by molar-refractivity contribution is 7.98. The van der Waals surface area contributed by atoms with Crippen LogP contribution in [0.1, 0.15) is 16.7 Å². The van der Waals surface area contributed by atoms with Gasteiger partial charge in [-0.3, -0.25) is 9.55 Å². The highest BCUT2D eigenvalue weighted by Crippen LogP contribution is 2.36. The zero-order valence-corrected chi connectivity index (χ0v) is 18.7. The Morgan fingerprint density at radius 2 is 1.69 bits per heavy atom. The van der Waals surface area contributed by atoms with Gasteiger partial charge in [0.05, 0.1) is 17.1 Å². The molecule has 2 heterocycles. The van der Waals surface area contributed by atoms with Gasteiger partial charge >= 0.3 is 6.18 Å². The molecule has 4 rings (SSSR count). The quantitative estimate of drug-likeness (QED) is 0.270. The lowest BCUT2D eigenvalue weighted by Gasteiger charge is -2.12. The van der Waals surface area contributed by atoms with Gasteiger partial charge in [-0.25, -0.2) is 0 Å². The average molecular weight is 495 g/mol. The molecule has 164 valence electrons. The predicted molar refractivity (Wildman–Crippen MR) is 120 cm³/mol. The maximum Gasteiger partial charge on any atom is 0.417 e. The summed E-state index contributed by atoms with van der Waals surface area (Å²) in [5, 5.41) is 9.35. The van der Waals surface area contributed by atoms with E-state index in [9.17, 15) is 13.2 Å². The zero-order valence-electron chi connectivity index (χ0n) is 16.4. The molecule has 0 saturated heterocycles. The molecule has 0 aliphatic rings. The summed E-state index contributed by atoms with van der Waals surface area (Å²) in [5.41, 5.74) is 1.10. The topological polar surface area (TPSA) is 43.6 Å². The fourth-order valence-electron chi connectivity index (χ4n) is 3.05. The van der Waals surface area contributed by atoms with Gasteiger partial charge in [-0.15, -0.1) is 10.2 Å². The van der Waals surface area contributed by atoms with Crippen LogP contribution in [0.5, 0.6) is 0 Å². The van der Waals surface area contributed by atoms with Crippen LogP contribution < -0.4 is 0 Å². The van der Waals surface area contributed by atoms with Gasteiger partial charge in [0.15, 0.2) is 11.0 Å². The Balaban J connectivity index is 1.66. The minimum Gasteiger partial charge on any atom is -0.296 e. The van der Waals surface area contributed by atoms with Crippen LogP contribution in [0.15, 0.2) is 72.0 Å². The van der Waals surface area contributed by atoms with Crippen molar-refractivity contribution in [3.8, 4) is 11.5 Å². The van der Waals surface area contributed by atoms with Crippen molar-refractivity contribution in [2.24, 2.45) is 0 Å². The van der Waals surface area contributed by atoms with Gasteiger partial charge in [0.25, 0.3) is 0 Å². The normalized spacial score (nSPS) is 11.7. The van der Waals surface area contributed by atoms with Crippen molar-refractivity contribution in [3.05, 3.63) is 93.6 Å². The number of aromatic nitrogens is 4. The lowest BCUT2D eigenvalue weighted by Crippen LogP contribution is -2.07. The molecule has 0 N–H and O–H groups in total. The first kappa shape index (κ1) is 22.6. The van der Waals surface area contributed by atoms with E-state index in [1.807, 2.05) is 34.9 Å². The average Bonchev–Trinajstić information content (AvgIpc) is 3.17. The van der Waals surface area contributed by atoms with E-state index < -0.39 is 11.7 Å². The lowest BCUT2D eigenvalue weighted by atomic mass is 10.1. The summed E-state index contributed by atoms with van der Waals surface area (Å²) in [5.74, 6) is 0.795. The Morgan fingerprint density at radius 3 is 2.41 bits per heavy atom. The van der Waals surface area contributed by atoms with Crippen molar-refractivity contribution < 1.29 is 13.2 Å². The number of nitrogens with zero attached hydrogens (tertiary/aromatic N) is 4. The van der Waals surface area contributed by atoms with Crippen molar-refractivity contribution >= 4 is 35.0 Å². The number of hydrogen-bond acceptors (Lipinski definition) is 4. The Labute approximate surface area is 196 Å². The van der Waals surface area contributed by atoms with E-state index in [2.05, 4.69) is 15.2 Å². The molecule has 2 aromatic carbocycles. The number of pyridine rings is 1. The highest BCUT2D eigenvalue weighted by atomic mass is 35.5. The summed E-state index contributed by atoms with van der Waals surface area (Å²) in [6, 6.07) is 16.8. The van der Waals surface area contributed by atoms with Crippen LogP contribution >= 0.6 is 35.0 Å². The van der Waals surface area contributed by atoms with Gasteiger partial charge in [0, 0.05) is 17.0 Å². The highest BCUT2D eigenvalue weighted by Gasteiger charge is 2.33. The third-order valence-electron chi connectivity index (χ3n) is 4.60. The van der Waals surface area contributed by atoms with Gasteiger partial charge in [0.1, 0.15) is 5.69 Å². The second-order valence-electron chi connectivity index (χ2n) is 6.80. The second-order valence-corrected chi connectivity index (χ2v) is 8.56. The maximum absolute atomic E-state index is 13.2. The molecule has 10 heteroatoms. The number of halogens is 5. The van der Waals surface area contributed by atoms with E-state index >= 15 is 0 Å². The molecule has 0 fully saturated rings. The first-order valence-corrected chi connectivity index (χ1v) is 11.1.